The van der Waals surface area contributed by atoms with E-state index < -0.39 is 0 Å². The lowest BCUT2D eigenvalue weighted by atomic mass is 10.1. The van der Waals surface area contributed by atoms with Crippen LogP contribution in [0.3, 0.4) is 0 Å². The summed E-state index contributed by atoms with van der Waals surface area (Å²) in [6, 6.07) is 14.4. The Kier molecular flexibility index (Phi) is 4.83. The van der Waals surface area contributed by atoms with Crippen LogP contribution in [0.25, 0.3) is 10.9 Å². The summed E-state index contributed by atoms with van der Waals surface area (Å²) in [5.74, 6) is 1.78. The zero-order valence-electron chi connectivity index (χ0n) is 13.6. The van der Waals surface area contributed by atoms with Crippen molar-refractivity contribution in [1.29, 1.82) is 0 Å². The van der Waals surface area contributed by atoms with Crippen molar-refractivity contribution in [3.05, 3.63) is 59.8 Å². The van der Waals surface area contributed by atoms with E-state index in [1.807, 2.05) is 18.2 Å². The number of ether oxygens (including phenoxy) is 2. The van der Waals surface area contributed by atoms with Gasteiger partial charge >= 0.3 is 0 Å². The molecule has 1 heterocycles. The summed E-state index contributed by atoms with van der Waals surface area (Å²) in [4.78, 5) is 3.33. The molecule has 0 atom stereocenters. The van der Waals surface area contributed by atoms with E-state index in [4.69, 9.17) is 9.47 Å². The van der Waals surface area contributed by atoms with Gasteiger partial charge in [0.05, 0.1) is 26.3 Å². The summed E-state index contributed by atoms with van der Waals surface area (Å²) in [7, 11) is 3.39. The predicted molar refractivity (Wildman–Crippen MR) is 92.0 cm³/mol. The van der Waals surface area contributed by atoms with Crippen LogP contribution in [0, 0.1) is 0 Å². The van der Waals surface area contributed by atoms with E-state index in [1.165, 1.54) is 16.5 Å². The Bertz CT molecular complexity index is 780. The van der Waals surface area contributed by atoms with Crippen LogP contribution in [0.4, 0.5) is 0 Å². The van der Waals surface area contributed by atoms with Gasteiger partial charge in [-0.1, -0.05) is 18.2 Å². The zero-order chi connectivity index (χ0) is 16.1. The first kappa shape index (κ1) is 15.4. The average Bonchev–Trinajstić information content (AvgIpc) is 3.01. The third-order valence-electron chi connectivity index (χ3n) is 4.14. The maximum atomic E-state index is 5.42. The molecule has 4 heteroatoms. The Balaban J connectivity index is 1.59. The molecular weight excluding hydrogens is 288 g/mol. The molecular formula is C19H23N2O2+. The topological polar surface area (TPSA) is 50.9 Å². The molecule has 23 heavy (non-hydrogen) atoms. The first-order chi connectivity index (χ1) is 11.3. The first-order valence-corrected chi connectivity index (χ1v) is 7.89. The summed E-state index contributed by atoms with van der Waals surface area (Å²) in [6.07, 6.45) is 3.15. The Morgan fingerprint density at radius 1 is 1.00 bits per heavy atom. The molecule has 0 spiro atoms. The van der Waals surface area contributed by atoms with Crippen LogP contribution in [-0.2, 0) is 13.0 Å². The Hall–Kier alpha value is -2.46. The number of rotatable bonds is 7. The van der Waals surface area contributed by atoms with E-state index in [9.17, 15) is 0 Å². The van der Waals surface area contributed by atoms with Gasteiger partial charge in [0.2, 0.25) is 0 Å². The van der Waals surface area contributed by atoms with Crippen LogP contribution in [0.5, 0.6) is 11.5 Å². The van der Waals surface area contributed by atoms with Gasteiger partial charge in [-0.05, 0) is 29.8 Å². The molecule has 0 fully saturated rings. The van der Waals surface area contributed by atoms with E-state index in [0.29, 0.717) is 0 Å². The van der Waals surface area contributed by atoms with E-state index in [-0.39, 0.29) is 0 Å². The van der Waals surface area contributed by atoms with Gasteiger partial charge in [0.15, 0.2) is 0 Å². The van der Waals surface area contributed by atoms with Gasteiger partial charge in [-0.2, -0.15) is 0 Å². The highest BCUT2D eigenvalue weighted by atomic mass is 16.5. The Morgan fingerprint density at radius 3 is 2.70 bits per heavy atom. The maximum Gasteiger partial charge on any atom is 0.127 e. The molecule has 3 N–H and O–H groups in total. The molecule has 1 aromatic heterocycles. The lowest BCUT2D eigenvalue weighted by Crippen LogP contribution is -2.83. The lowest BCUT2D eigenvalue weighted by Gasteiger charge is -2.09. The van der Waals surface area contributed by atoms with Crippen LogP contribution >= 0.6 is 0 Å². The van der Waals surface area contributed by atoms with Crippen molar-refractivity contribution in [1.82, 2.24) is 4.98 Å². The standard InChI is InChI=1S/C19H22N2O2/c1-22-16-7-8-19(23-2)15(11-16)12-20-10-9-14-13-21-18-6-4-3-5-17(14)18/h3-8,11,13,20-21H,9-10,12H2,1-2H3/p+1. The largest absolute Gasteiger partial charge is 0.497 e. The maximum absolute atomic E-state index is 5.42. The molecule has 3 rings (SSSR count). The summed E-state index contributed by atoms with van der Waals surface area (Å²) in [5, 5.41) is 3.62. The number of aromatic nitrogens is 1. The second-order valence-corrected chi connectivity index (χ2v) is 5.57. The number of quaternary nitrogens is 1. The van der Waals surface area contributed by atoms with Gasteiger partial charge in [-0.15, -0.1) is 0 Å². The van der Waals surface area contributed by atoms with Gasteiger partial charge in [0.1, 0.15) is 18.0 Å². The van der Waals surface area contributed by atoms with E-state index in [1.54, 1.807) is 14.2 Å². The van der Waals surface area contributed by atoms with E-state index >= 15 is 0 Å². The molecule has 0 radical (unpaired) electrons. The minimum atomic E-state index is 0.867. The second kappa shape index (κ2) is 7.20. The van der Waals surface area contributed by atoms with E-state index in [2.05, 4.69) is 40.8 Å². The molecule has 4 nitrogen and oxygen atoms in total. The number of aromatic amines is 1. The number of para-hydroxylation sites is 1. The number of nitrogens with two attached hydrogens (primary N) is 1. The van der Waals surface area contributed by atoms with Gasteiger partial charge in [-0.25, -0.2) is 0 Å². The van der Waals surface area contributed by atoms with Crippen molar-refractivity contribution in [3.8, 4) is 11.5 Å². The van der Waals surface area contributed by atoms with Crippen LogP contribution in [0.1, 0.15) is 11.1 Å². The number of fused-ring (bicyclic) bond motifs is 1. The number of H-pyrrole nitrogens is 1. The fourth-order valence-electron chi connectivity index (χ4n) is 2.90. The Morgan fingerprint density at radius 2 is 1.87 bits per heavy atom. The smallest absolute Gasteiger partial charge is 0.127 e. The monoisotopic (exact) mass is 311 g/mol. The Labute approximate surface area is 136 Å². The highest BCUT2D eigenvalue weighted by Gasteiger charge is 2.08. The SMILES string of the molecule is COc1ccc(OC)c(C[NH2+]CCc2c[nH]c3ccccc23)c1. The number of hydrogen-bond donors (Lipinski definition) is 2. The highest BCUT2D eigenvalue weighted by molar-refractivity contribution is 5.82. The van der Waals surface area contributed by atoms with Crippen LogP contribution in [0.15, 0.2) is 48.7 Å². The number of nitrogens with one attached hydrogen (secondary N) is 1. The predicted octanol–water partition coefficient (Wildman–Crippen LogP) is 2.49. The van der Waals surface area contributed by atoms with Crippen LogP contribution in [0.2, 0.25) is 0 Å². The first-order valence-electron chi connectivity index (χ1n) is 7.89. The second-order valence-electron chi connectivity index (χ2n) is 5.57. The number of benzene rings is 2. The fourth-order valence-corrected chi connectivity index (χ4v) is 2.90. The molecule has 120 valence electrons. The average molecular weight is 311 g/mol. The normalized spacial score (nSPS) is 10.9. The summed E-state index contributed by atoms with van der Waals surface area (Å²) in [5.41, 5.74) is 3.73. The minimum Gasteiger partial charge on any atom is -0.497 e. The summed E-state index contributed by atoms with van der Waals surface area (Å²) >= 11 is 0. The molecule has 0 saturated heterocycles. The summed E-state index contributed by atoms with van der Waals surface area (Å²) < 4.78 is 10.7. The molecule has 0 unspecified atom stereocenters. The number of methoxy groups -OCH3 is 2. The summed E-state index contributed by atoms with van der Waals surface area (Å²) in [6.45, 7) is 1.91. The molecule has 0 amide bonds. The van der Waals surface area contributed by atoms with Crippen molar-refractivity contribution >= 4 is 10.9 Å². The fraction of sp³-hybridized carbons (Fsp3) is 0.263. The van der Waals surface area contributed by atoms with Crippen molar-refractivity contribution < 1.29 is 14.8 Å². The van der Waals surface area contributed by atoms with Crippen molar-refractivity contribution in [2.24, 2.45) is 0 Å². The molecule has 0 aliphatic carbocycles. The van der Waals surface area contributed by atoms with Crippen molar-refractivity contribution in [3.63, 3.8) is 0 Å². The van der Waals surface area contributed by atoms with Crippen LogP contribution < -0.4 is 14.8 Å². The lowest BCUT2D eigenvalue weighted by molar-refractivity contribution is -0.670. The third-order valence-corrected chi connectivity index (χ3v) is 4.14. The molecule has 0 bridgehead atoms. The van der Waals surface area contributed by atoms with Gasteiger partial charge in [-0.3, -0.25) is 0 Å². The third kappa shape index (κ3) is 3.48. The molecule has 3 aromatic rings. The molecule has 0 aliphatic heterocycles. The van der Waals surface area contributed by atoms with E-state index in [0.717, 1.165) is 36.6 Å². The van der Waals surface area contributed by atoms with Crippen molar-refractivity contribution in [2.75, 3.05) is 20.8 Å². The van der Waals surface area contributed by atoms with Gasteiger partial charge in [0.25, 0.3) is 0 Å². The molecule has 0 aliphatic rings. The zero-order valence-corrected chi connectivity index (χ0v) is 13.6. The minimum absolute atomic E-state index is 0.867. The highest BCUT2D eigenvalue weighted by Crippen LogP contribution is 2.23. The molecule has 2 aromatic carbocycles. The van der Waals surface area contributed by atoms with Crippen molar-refractivity contribution in [2.45, 2.75) is 13.0 Å². The van der Waals surface area contributed by atoms with Gasteiger partial charge in [0, 0.05) is 23.5 Å². The quantitative estimate of drug-likeness (QED) is 0.659. The van der Waals surface area contributed by atoms with Gasteiger partial charge < -0.3 is 19.8 Å². The van der Waals surface area contributed by atoms with Crippen LogP contribution in [-0.4, -0.2) is 25.7 Å². The molecule has 0 saturated carbocycles. The number of hydrogen-bond acceptors (Lipinski definition) is 2.